The molecule has 1 aliphatic heterocycles. The van der Waals surface area contributed by atoms with Gasteiger partial charge in [0.05, 0.1) is 7.11 Å². The summed E-state index contributed by atoms with van der Waals surface area (Å²) in [5.41, 5.74) is 11.1. The predicted octanol–water partition coefficient (Wildman–Crippen LogP) is 3.80. The van der Waals surface area contributed by atoms with Crippen LogP contribution in [0.5, 0.6) is 5.75 Å². The molecule has 2 N–H and O–H groups in total. The maximum absolute atomic E-state index is 6.22. The lowest BCUT2D eigenvalue weighted by Crippen LogP contribution is -2.26. The van der Waals surface area contributed by atoms with E-state index in [1.807, 2.05) is 19.1 Å². The van der Waals surface area contributed by atoms with Crippen LogP contribution in [0.15, 0.2) is 42.5 Å². The van der Waals surface area contributed by atoms with Crippen molar-refractivity contribution in [1.29, 1.82) is 0 Å². The number of hydrogen-bond donors (Lipinski definition) is 1. The van der Waals surface area contributed by atoms with Crippen molar-refractivity contribution in [2.75, 3.05) is 12.0 Å². The molecule has 0 aliphatic carbocycles. The second kappa shape index (κ2) is 5.41. The monoisotopic (exact) mass is 282 g/mol. The summed E-state index contributed by atoms with van der Waals surface area (Å²) in [7, 11) is 1.70. The van der Waals surface area contributed by atoms with Crippen molar-refractivity contribution >= 4 is 11.4 Å². The van der Waals surface area contributed by atoms with Gasteiger partial charge in [-0.2, -0.15) is 0 Å². The van der Waals surface area contributed by atoms with Crippen LogP contribution in [-0.2, 0) is 6.42 Å². The summed E-state index contributed by atoms with van der Waals surface area (Å²) in [5, 5.41) is 0. The largest absolute Gasteiger partial charge is 0.496 e. The molecule has 0 radical (unpaired) electrons. The molecule has 21 heavy (non-hydrogen) atoms. The number of rotatable bonds is 3. The molecule has 1 aliphatic rings. The van der Waals surface area contributed by atoms with Crippen LogP contribution >= 0.6 is 0 Å². The van der Waals surface area contributed by atoms with Crippen LogP contribution in [0, 0.1) is 0 Å². The first-order chi connectivity index (χ1) is 10.1. The van der Waals surface area contributed by atoms with Gasteiger partial charge < -0.3 is 15.4 Å². The van der Waals surface area contributed by atoms with E-state index < -0.39 is 0 Å². The number of benzene rings is 2. The molecule has 3 nitrogen and oxygen atoms in total. The minimum absolute atomic E-state index is 0.0730. The van der Waals surface area contributed by atoms with Crippen LogP contribution in [0.25, 0.3) is 0 Å². The molecule has 0 saturated carbocycles. The zero-order valence-corrected chi connectivity index (χ0v) is 12.8. The fraction of sp³-hybridized carbons (Fsp3) is 0.333. The van der Waals surface area contributed by atoms with Crippen LogP contribution in [0.2, 0.25) is 0 Å². The third-order valence-corrected chi connectivity index (χ3v) is 4.19. The maximum atomic E-state index is 6.22. The Bertz CT molecular complexity index is 651. The van der Waals surface area contributed by atoms with Gasteiger partial charge in [0.15, 0.2) is 0 Å². The Morgan fingerprint density at radius 2 is 1.86 bits per heavy atom. The summed E-state index contributed by atoms with van der Waals surface area (Å²) >= 11 is 0. The zero-order chi connectivity index (χ0) is 15.0. The highest BCUT2D eigenvalue weighted by Gasteiger charge is 2.29. The Morgan fingerprint density at radius 3 is 2.57 bits per heavy atom. The Balaban J connectivity index is 2.17. The number of nitrogens with zero attached hydrogens (tertiary/aromatic N) is 1. The van der Waals surface area contributed by atoms with E-state index in [-0.39, 0.29) is 6.04 Å². The van der Waals surface area contributed by atoms with Crippen molar-refractivity contribution in [3.8, 4) is 5.75 Å². The molecule has 2 aromatic rings. The zero-order valence-electron chi connectivity index (χ0n) is 12.8. The second-order valence-electron chi connectivity index (χ2n) is 5.73. The van der Waals surface area contributed by atoms with Crippen molar-refractivity contribution in [2.45, 2.75) is 32.4 Å². The minimum atomic E-state index is -0.0730. The molecule has 0 amide bonds. The molecule has 0 aromatic heterocycles. The van der Waals surface area contributed by atoms with E-state index in [0.29, 0.717) is 6.04 Å². The van der Waals surface area contributed by atoms with E-state index in [4.69, 9.17) is 10.5 Å². The highest BCUT2D eigenvalue weighted by atomic mass is 16.5. The van der Waals surface area contributed by atoms with Crippen molar-refractivity contribution < 1.29 is 4.74 Å². The van der Waals surface area contributed by atoms with E-state index in [1.54, 1.807) is 7.11 Å². The first-order valence-corrected chi connectivity index (χ1v) is 7.43. The van der Waals surface area contributed by atoms with E-state index in [2.05, 4.69) is 42.2 Å². The molecule has 3 rings (SSSR count). The quantitative estimate of drug-likeness (QED) is 0.930. The van der Waals surface area contributed by atoms with Crippen LogP contribution in [0.3, 0.4) is 0 Å². The van der Waals surface area contributed by atoms with Gasteiger partial charge >= 0.3 is 0 Å². The smallest absolute Gasteiger partial charge is 0.125 e. The third-order valence-electron chi connectivity index (χ3n) is 4.19. The fourth-order valence-corrected chi connectivity index (χ4v) is 3.31. The molecular weight excluding hydrogens is 260 g/mol. The minimum Gasteiger partial charge on any atom is -0.496 e. The van der Waals surface area contributed by atoms with Crippen molar-refractivity contribution in [1.82, 2.24) is 0 Å². The van der Waals surface area contributed by atoms with Crippen molar-refractivity contribution in [3.63, 3.8) is 0 Å². The lowest BCUT2D eigenvalue weighted by atomic mass is 10.0. The average molecular weight is 282 g/mol. The van der Waals surface area contributed by atoms with Crippen molar-refractivity contribution in [2.24, 2.45) is 5.73 Å². The molecule has 0 saturated heterocycles. The summed E-state index contributed by atoms with van der Waals surface area (Å²) in [6.07, 6.45) is 1.06. The number of para-hydroxylation sites is 1. The topological polar surface area (TPSA) is 38.5 Å². The predicted molar refractivity (Wildman–Crippen MR) is 87.3 cm³/mol. The Kier molecular flexibility index (Phi) is 3.60. The van der Waals surface area contributed by atoms with Gasteiger partial charge in [-0.1, -0.05) is 24.3 Å². The van der Waals surface area contributed by atoms with Gasteiger partial charge in [-0.3, -0.25) is 0 Å². The summed E-state index contributed by atoms with van der Waals surface area (Å²) in [5.74, 6) is 0.860. The highest BCUT2D eigenvalue weighted by Crippen LogP contribution is 2.43. The standard InChI is InChI=1S/C18H22N2O/c1-12-11-14-7-4-5-8-15(14)20(12)16-9-6-10-17(21-3)18(16)13(2)19/h4-10,12-13H,11,19H2,1-3H3/t12?,13-/m0/s1. The molecule has 0 bridgehead atoms. The van der Waals surface area contributed by atoms with Gasteiger partial charge in [0.1, 0.15) is 5.75 Å². The van der Waals surface area contributed by atoms with Gasteiger partial charge in [-0.15, -0.1) is 0 Å². The third kappa shape index (κ3) is 2.28. The summed E-state index contributed by atoms with van der Waals surface area (Å²) in [6.45, 7) is 4.26. The second-order valence-corrected chi connectivity index (χ2v) is 5.73. The van der Waals surface area contributed by atoms with Crippen LogP contribution in [0.4, 0.5) is 11.4 Å². The van der Waals surface area contributed by atoms with Gasteiger partial charge in [0.25, 0.3) is 0 Å². The summed E-state index contributed by atoms with van der Waals surface area (Å²) in [6, 6.07) is 15.1. The van der Waals surface area contributed by atoms with Crippen LogP contribution in [0.1, 0.15) is 31.0 Å². The Morgan fingerprint density at radius 1 is 1.14 bits per heavy atom. The van der Waals surface area contributed by atoms with Gasteiger partial charge in [0.2, 0.25) is 0 Å². The van der Waals surface area contributed by atoms with E-state index in [9.17, 15) is 0 Å². The van der Waals surface area contributed by atoms with Gasteiger partial charge in [0, 0.05) is 29.0 Å². The molecular formula is C18H22N2O. The average Bonchev–Trinajstić information content (AvgIpc) is 2.81. The van der Waals surface area contributed by atoms with Crippen LogP contribution < -0.4 is 15.4 Å². The van der Waals surface area contributed by atoms with Crippen LogP contribution in [-0.4, -0.2) is 13.2 Å². The Hall–Kier alpha value is -2.00. The van der Waals surface area contributed by atoms with E-state index in [1.165, 1.54) is 11.3 Å². The number of anilines is 2. The lowest BCUT2D eigenvalue weighted by Gasteiger charge is -2.29. The number of ether oxygens (including phenoxy) is 1. The summed E-state index contributed by atoms with van der Waals surface area (Å²) in [4.78, 5) is 2.39. The molecule has 0 spiro atoms. The number of fused-ring (bicyclic) bond motifs is 1. The molecule has 3 heteroatoms. The summed E-state index contributed by atoms with van der Waals surface area (Å²) < 4.78 is 5.52. The number of nitrogens with two attached hydrogens (primary N) is 1. The molecule has 1 unspecified atom stereocenters. The molecule has 2 atom stereocenters. The van der Waals surface area contributed by atoms with E-state index in [0.717, 1.165) is 23.4 Å². The molecule has 2 aromatic carbocycles. The maximum Gasteiger partial charge on any atom is 0.125 e. The van der Waals surface area contributed by atoms with Gasteiger partial charge in [-0.05, 0) is 44.0 Å². The lowest BCUT2D eigenvalue weighted by molar-refractivity contribution is 0.407. The first-order valence-electron chi connectivity index (χ1n) is 7.43. The normalized spacial score (nSPS) is 18.5. The number of hydrogen-bond acceptors (Lipinski definition) is 3. The van der Waals surface area contributed by atoms with E-state index >= 15 is 0 Å². The highest BCUT2D eigenvalue weighted by molar-refractivity contribution is 5.75. The van der Waals surface area contributed by atoms with Gasteiger partial charge in [-0.25, -0.2) is 0 Å². The first kappa shape index (κ1) is 14.0. The van der Waals surface area contributed by atoms with Crippen molar-refractivity contribution in [3.05, 3.63) is 53.6 Å². The molecule has 1 heterocycles. The fourth-order valence-electron chi connectivity index (χ4n) is 3.31. The number of methoxy groups -OCH3 is 1. The molecule has 0 fully saturated rings. The molecule has 110 valence electrons. The SMILES string of the molecule is COc1cccc(N2c3ccccc3CC2C)c1[C@H](C)N. The Labute approximate surface area is 126 Å².